The number of aromatic amines is 1. The average Bonchev–Trinajstić information content (AvgIpc) is 3.07. The molecule has 0 aromatic carbocycles. The summed E-state index contributed by atoms with van der Waals surface area (Å²) in [5.74, 6) is 0.292. The molecule has 3 rings (SSSR count). The highest BCUT2D eigenvalue weighted by molar-refractivity contribution is 7.99. The van der Waals surface area contributed by atoms with Crippen LogP contribution in [0.25, 0.3) is 10.2 Å². The van der Waals surface area contributed by atoms with Crippen molar-refractivity contribution in [2.75, 3.05) is 5.75 Å². The second kappa shape index (κ2) is 5.73. The summed E-state index contributed by atoms with van der Waals surface area (Å²) in [7, 11) is 1.69. The largest absolute Gasteiger partial charge is 0.362 e. The molecule has 0 aliphatic rings. The van der Waals surface area contributed by atoms with E-state index in [1.165, 1.54) is 27.7 Å². The van der Waals surface area contributed by atoms with Gasteiger partial charge in [-0.25, -0.2) is 4.98 Å². The maximum Gasteiger partial charge on any atom is 0.271 e. The molecule has 22 heavy (non-hydrogen) atoms. The topological polar surface area (TPSA) is 67.8 Å². The van der Waals surface area contributed by atoms with Crippen molar-refractivity contribution in [3.05, 3.63) is 44.8 Å². The molecule has 3 aromatic rings. The quantitative estimate of drug-likeness (QED) is 0.453. The van der Waals surface area contributed by atoms with E-state index in [0.717, 1.165) is 11.4 Å². The van der Waals surface area contributed by atoms with Gasteiger partial charge in [0, 0.05) is 24.0 Å². The summed E-state index contributed by atoms with van der Waals surface area (Å²) in [6.45, 7) is 3.81. The van der Waals surface area contributed by atoms with Crippen molar-refractivity contribution in [3.63, 3.8) is 0 Å². The number of Topliss-reactive ketones (excluding diaryl/α,β-unsaturated/α-hetero) is 1. The second-order valence-electron chi connectivity index (χ2n) is 5.10. The van der Waals surface area contributed by atoms with E-state index in [9.17, 15) is 9.59 Å². The Morgan fingerprint density at radius 3 is 2.91 bits per heavy atom. The summed E-state index contributed by atoms with van der Waals surface area (Å²) in [5, 5.41) is 2.42. The third-order valence-corrected chi connectivity index (χ3v) is 5.35. The molecule has 0 saturated heterocycles. The molecule has 0 bridgehead atoms. The number of thiophene rings is 1. The van der Waals surface area contributed by atoms with Crippen LogP contribution in [-0.4, -0.2) is 26.1 Å². The van der Waals surface area contributed by atoms with Gasteiger partial charge in [-0.15, -0.1) is 11.3 Å². The lowest BCUT2D eigenvalue weighted by atomic mass is 10.2. The van der Waals surface area contributed by atoms with Gasteiger partial charge >= 0.3 is 0 Å². The van der Waals surface area contributed by atoms with Crippen molar-refractivity contribution in [2.24, 2.45) is 7.05 Å². The molecule has 3 aromatic heterocycles. The van der Waals surface area contributed by atoms with Crippen LogP contribution in [0.5, 0.6) is 0 Å². The van der Waals surface area contributed by atoms with Crippen molar-refractivity contribution in [3.8, 4) is 0 Å². The Morgan fingerprint density at radius 1 is 1.45 bits per heavy atom. The van der Waals surface area contributed by atoms with Gasteiger partial charge in [0.15, 0.2) is 10.9 Å². The molecular weight excluding hydrogens is 318 g/mol. The molecule has 0 atom stereocenters. The molecule has 0 amide bonds. The Kier molecular flexibility index (Phi) is 3.92. The summed E-state index contributed by atoms with van der Waals surface area (Å²) in [4.78, 5) is 32.1. The Balaban J connectivity index is 1.85. The fourth-order valence-electron chi connectivity index (χ4n) is 2.32. The van der Waals surface area contributed by atoms with Gasteiger partial charge in [-0.3, -0.25) is 14.2 Å². The fourth-order valence-corrected chi connectivity index (χ4v) is 3.98. The van der Waals surface area contributed by atoms with Crippen LogP contribution in [0.15, 0.2) is 27.5 Å². The van der Waals surface area contributed by atoms with Crippen LogP contribution in [0.3, 0.4) is 0 Å². The molecule has 114 valence electrons. The number of carbonyl (C=O) groups is 1. The summed E-state index contributed by atoms with van der Waals surface area (Å²) in [6.07, 6.45) is 0. The van der Waals surface area contributed by atoms with Gasteiger partial charge in [0.25, 0.3) is 5.56 Å². The van der Waals surface area contributed by atoms with E-state index in [2.05, 4.69) is 9.97 Å². The first-order chi connectivity index (χ1) is 10.5. The summed E-state index contributed by atoms with van der Waals surface area (Å²) < 4.78 is 2.15. The number of hydrogen-bond acceptors (Lipinski definition) is 5. The number of rotatable bonds is 4. The van der Waals surface area contributed by atoms with Gasteiger partial charge in [-0.05, 0) is 31.4 Å². The van der Waals surface area contributed by atoms with Gasteiger partial charge in [0.2, 0.25) is 0 Å². The molecule has 1 N–H and O–H groups in total. The molecule has 7 heteroatoms. The fraction of sp³-hybridized carbons (Fsp3) is 0.267. The van der Waals surface area contributed by atoms with Crippen LogP contribution < -0.4 is 5.56 Å². The molecule has 3 heterocycles. The molecule has 0 saturated carbocycles. The van der Waals surface area contributed by atoms with E-state index in [1.807, 2.05) is 31.4 Å². The summed E-state index contributed by atoms with van der Waals surface area (Å²) in [5.41, 5.74) is 3.17. The number of H-pyrrole nitrogens is 1. The van der Waals surface area contributed by atoms with Crippen LogP contribution in [0.2, 0.25) is 0 Å². The molecular formula is C15H15N3O2S2. The molecule has 0 fully saturated rings. The first-order valence-corrected chi connectivity index (χ1v) is 8.60. The van der Waals surface area contributed by atoms with Crippen LogP contribution in [0.4, 0.5) is 0 Å². The number of hydrogen-bond donors (Lipinski definition) is 1. The predicted octanol–water partition coefficient (Wildman–Crippen LogP) is 2.91. The smallest absolute Gasteiger partial charge is 0.271 e. The van der Waals surface area contributed by atoms with Gasteiger partial charge < -0.3 is 4.98 Å². The standard InChI is InChI=1S/C15H15N3O2S2/c1-8-6-10(9(2)16-8)12(19)7-22-15-17-11-4-5-21-13(11)14(20)18(15)3/h4-6,16H,7H2,1-3H3. The van der Waals surface area contributed by atoms with Gasteiger partial charge in [0.05, 0.1) is 11.3 Å². The lowest BCUT2D eigenvalue weighted by molar-refractivity contribution is 0.102. The minimum absolute atomic E-state index is 0.0338. The van der Waals surface area contributed by atoms with Gasteiger partial charge in [-0.1, -0.05) is 11.8 Å². The monoisotopic (exact) mass is 333 g/mol. The van der Waals surface area contributed by atoms with Crippen LogP contribution in [-0.2, 0) is 7.05 Å². The van der Waals surface area contributed by atoms with Gasteiger partial charge in [-0.2, -0.15) is 0 Å². The molecule has 0 spiro atoms. The van der Waals surface area contributed by atoms with Crippen LogP contribution in [0.1, 0.15) is 21.7 Å². The highest BCUT2D eigenvalue weighted by Crippen LogP contribution is 2.21. The number of thioether (sulfide) groups is 1. The second-order valence-corrected chi connectivity index (χ2v) is 6.96. The zero-order chi connectivity index (χ0) is 15.9. The van der Waals surface area contributed by atoms with E-state index >= 15 is 0 Å². The van der Waals surface area contributed by atoms with E-state index in [1.54, 1.807) is 7.05 Å². The van der Waals surface area contributed by atoms with Crippen molar-refractivity contribution < 1.29 is 4.79 Å². The van der Waals surface area contributed by atoms with E-state index in [0.29, 0.717) is 20.9 Å². The number of nitrogens with one attached hydrogen (secondary N) is 1. The Morgan fingerprint density at radius 2 is 2.23 bits per heavy atom. The number of aromatic nitrogens is 3. The maximum absolute atomic E-state index is 12.3. The molecule has 0 aliphatic heterocycles. The zero-order valence-electron chi connectivity index (χ0n) is 12.5. The number of fused-ring (bicyclic) bond motifs is 1. The Labute approximate surface area is 135 Å². The van der Waals surface area contributed by atoms with Crippen molar-refractivity contribution in [1.82, 2.24) is 14.5 Å². The third-order valence-electron chi connectivity index (χ3n) is 3.43. The lowest BCUT2D eigenvalue weighted by Crippen LogP contribution is -2.19. The third kappa shape index (κ3) is 2.62. The molecule has 0 unspecified atom stereocenters. The van der Waals surface area contributed by atoms with E-state index in [4.69, 9.17) is 0 Å². The minimum atomic E-state index is -0.0661. The van der Waals surface area contributed by atoms with Crippen molar-refractivity contribution in [1.29, 1.82) is 0 Å². The minimum Gasteiger partial charge on any atom is -0.362 e. The first kappa shape index (κ1) is 15.1. The van der Waals surface area contributed by atoms with Crippen LogP contribution in [0, 0.1) is 13.8 Å². The lowest BCUT2D eigenvalue weighted by Gasteiger charge is -2.06. The van der Waals surface area contributed by atoms with E-state index < -0.39 is 0 Å². The predicted molar refractivity (Wildman–Crippen MR) is 90.2 cm³/mol. The Hall–Kier alpha value is -1.86. The zero-order valence-corrected chi connectivity index (χ0v) is 14.1. The van der Waals surface area contributed by atoms with Crippen molar-refractivity contribution >= 4 is 39.1 Å². The maximum atomic E-state index is 12.3. The summed E-state index contributed by atoms with van der Waals surface area (Å²) >= 11 is 2.68. The average molecular weight is 333 g/mol. The summed E-state index contributed by atoms with van der Waals surface area (Å²) in [6, 6.07) is 3.68. The SMILES string of the molecule is Cc1cc(C(=O)CSc2nc3ccsc3c(=O)n2C)c(C)[nH]1. The van der Waals surface area contributed by atoms with Crippen molar-refractivity contribution in [2.45, 2.75) is 19.0 Å². The first-order valence-electron chi connectivity index (χ1n) is 6.74. The van der Waals surface area contributed by atoms with Gasteiger partial charge in [0.1, 0.15) is 4.70 Å². The highest BCUT2D eigenvalue weighted by Gasteiger charge is 2.15. The number of nitrogens with zero attached hydrogens (tertiary/aromatic N) is 2. The Bertz CT molecular complexity index is 921. The normalized spacial score (nSPS) is 11.2. The highest BCUT2D eigenvalue weighted by atomic mass is 32.2. The number of aryl methyl sites for hydroxylation is 2. The number of ketones is 1. The molecule has 0 aliphatic carbocycles. The van der Waals surface area contributed by atoms with Crippen LogP contribution >= 0.6 is 23.1 Å². The molecule has 0 radical (unpaired) electrons. The molecule has 5 nitrogen and oxygen atoms in total. The van der Waals surface area contributed by atoms with E-state index in [-0.39, 0.29) is 17.1 Å². The number of carbonyl (C=O) groups excluding carboxylic acids is 1.